The van der Waals surface area contributed by atoms with Gasteiger partial charge in [-0.3, -0.25) is 9.97 Å². The average molecular weight is 650 g/mol. The Labute approximate surface area is 225 Å². The van der Waals surface area contributed by atoms with Gasteiger partial charge in [0.1, 0.15) is 0 Å². The predicted octanol–water partition coefficient (Wildman–Crippen LogP) is 6.72. The van der Waals surface area contributed by atoms with Gasteiger partial charge in [-0.1, -0.05) is 48.5 Å². The summed E-state index contributed by atoms with van der Waals surface area (Å²) in [6, 6.07) is 36.1. The second kappa shape index (κ2) is 9.18. The molecule has 36 heavy (non-hydrogen) atoms. The molecule has 0 aliphatic heterocycles. The first-order chi connectivity index (χ1) is 16.9. The maximum atomic E-state index is 5.10. The van der Waals surface area contributed by atoms with Crippen LogP contribution in [0.4, 0.5) is 0 Å². The molecule has 0 bridgehead atoms. The Balaban J connectivity index is 0.00000267. The van der Waals surface area contributed by atoms with Gasteiger partial charge < -0.3 is 9.13 Å². The molecule has 2 aromatic carbocycles. The van der Waals surface area contributed by atoms with E-state index in [2.05, 4.69) is 122 Å². The Hall–Kier alpha value is -3.49. The molecule has 5 heteroatoms. The van der Waals surface area contributed by atoms with Gasteiger partial charge in [-0.25, -0.2) is 0 Å². The largest absolute Gasteiger partial charge is 2.00 e. The quantitative estimate of drug-likeness (QED) is 0.199. The maximum Gasteiger partial charge on any atom is 2.00 e. The molecule has 4 aromatic heterocycles. The Morgan fingerprint density at radius 3 is 1.42 bits per heavy atom. The number of hydrogen-bond acceptors (Lipinski definition) is 2. The van der Waals surface area contributed by atoms with Crippen LogP contribution >= 0.6 is 0 Å². The number of hydrogen-bond donors (Lipinski definition) is 0. The van der Waals surface area contributed by atoms with Crippen molar-refractivity contribution < 1.29 is 21.1 Å². The minimum Gasteiger partial charge on any atom is -0.397 e. The van der Waals surface area contributed by atoms with E-state index < -0.39 is 0 Å². The number of nitrogens with zero attached hydrogens (tertiary/aromatic N) is 4. The molecule has 6 rings (SSSR count). The van der Waals surface area contributed by atoms with Gasteiger partial charge in [0.25, 0.3) is 0 Å². The van der Waals surface area contributed by atoms with Gasteiger partial charge in [-0.2, -0.15) is 0 Å². The summed E-state index contributed by atoms with van der Waals surface area (Å²) in [5.74, 6) is 0. The van der Waals surface area contributed by atoms with Crippen molar-refractivity contribution in [2.24, 2.45) is 14.1 Å². The number of para-hydroxylation sites is 2. The second-order valence-electron chi connectivity index (χ2n) is 9.54. The first-order valence-corrected chi connectivity index (χ1v) is 11.8. The van der Waals surface area contributed by atoms with Crippen LogP contribution in [-0.2, 0) is 40.6 Å². The van der Waals surface area contributed by atoms with E-state index in [0.29, 0.717) is 0 Å². The normalized spacial score (nSPS) is 11.7. The third-order valence-corrected chi connectivity index (χ3v) is 6.97. The molecule has 0 saturated carbocycles. The van der Waals surface area contributed by atoms with Crippen molar-refractivity contribution in [3.8, 4) is 22.8 Å². The number of pyridine rings is 2. The topological polar surface area (TPSA) is 35.6 Å². The van der Waals surface area contributed by atoms with Crippen molar-refractivity contribution in [2.45, 2.75) is 19.3 Å². The van der Waals surface area contributed by atoms with E-state index in [1.807, 2.05) is 12.1 Å². The van der Waals surface area contributed by atoms with Gasteiger partial charge in [0.05, 0.1) is 0 Å². The minimum atomic E-state index is -0.388. The molecule has 6 aromatic rings. The van der Waals surface area contributed by atoms with Crippen molar-refractivity contribution in [3.63, 3.8) is 0 Å². The molecule has 0 saturated heterocycles. The summed E-state index contributed by atoms with van der Waals surface area (Å²) in [5, 5.41) is 2.19. The molecule has 180 valence electrons. The molecule has 0 fully saturated rings. The smallest absolute Gasteiger partial charge is 0.397 e. The SMILES string of the molecule is Cn1c(-c2cccc(C(C)(C)c3cccc(-c4[c-]c5ccccc5n4C)n3)n2)[c-]c2ccccc21.[Pt+2]. The maximum absolute atomic E-state index is 5.10. The van der Waals surface area contributed by atoms with Crippen molar-refractivity contribution in [1.29, 1.82) is 0 Å². The molecule has 0 aliphatic rings. The Morgan fingerprint density at radius 2 is 1.00 bits per heavy atom. The first kappa shape index (κ1) is 24.2. The van der Waals surface area contributed by atoms with Gasteiger partial charge in [-0.15, -0.1) is 47.2 Å². The van der Waals surface area contributed by atoms with Crippen LogP contribution in [0.2, 0.25) is 0 Å². The number of rotatable bonds is 4. The summed E-state index contributed by atoms with van der Waals surface area (Å²) in [7, 11) is 4.14. The van der Waals surface area contributed by atoms with Crippen LogP contribution < -0.4 is 0 Å². The number of fused-ring (bicyclic) bond motifs is 2. The van der Waals surface area contributed by atoms with E-state index in [1.165, 1.54) is 0 Å². The van der Waals surface area contributed by atoms with E-state index in [1.54, 1.807) is 0 Å². The monoisotopic (exact) mass is 649 g/mol. The molecule has 0 radical (unpaired) electrons. The van der Waals surface area contributed by atoms with Gasteiger partial charge in [0.15, 0.2) is 0 Å². The van der Waals surface area contributed by atoms with Crippen LogP contribution in [0.25, 0.3) is 44.6 Å². The van der Waals surface area contributed by atoms with Gasteiger partial charge in [0, 0.05) is 42.3 Å². The standard InChI is InChI=1S/C31H26N4.Pt/c1-31(2,29-17-9-13-23(32-29)27-19-21-11-5-7-15-25(21)34(27)3)30-18-10-14-24(33-30)28-20-22-12-6-8-16-26(22)35(28)4;/h5-18H,1-4H3;/q-2;+2. The average Bonchev–Trinajstić information content (AvgIpc) is 3.41. The van der Waals surface area contributed by atoms with Crippen LogP contribution in [0.3, 0.4) is 0 Å². The zero-order valence-electron chi connectivity index (χ0n) is 20.7. The Morgan fingerprint density at radius 1 is 0.583 bits per heavy atom. The zero-order valence-corrected chi connectivity index (χ0v) is 23.0. The van der Waals surface area contributed by atoms with Crippen LogP contribution in [-0.4, -0.2) is 19.1 Å². The van der Waals surface area contributed by atoms with Crippen LogP contribution in [0, 0.1) is 12.1 Å². The summed E-state index contributed by atoms with van der Waals surface area (Å²) in [6.45, 7) is 4.36. The minimum absolute atomic E-state index is 0. The third-order valence-electron chi connectivity index (χ3n) is 6.97. The van der Waals surface area contributed by atoms with Crippen molar-refractivity contribution >= 4 is 21.8 Å². The molecular weight excluding hydrogens is 623 g/mol. The molecule has 4 heterocycles. The van der Waals surface area contributed by atoms with Crippen LogP contribution in [0.1, 0.15) is 25.2 Å². The van der Waals surface area contributed by atoms with Crippen molar-refractivity contribution in [3.05, 3.63) is 108 Å². The molecular formula is C31H26N4Pt. The Bertz CT molecular complexity index is 1580. The molecule has 0 unspecified atom stereocenters. The van der Waals surface area contributed by atoms with Crippen molar-refractivity contribution in [2.75, 3.05) is 0 Å². The van der Waals surface area contributed by atoms with E-state index in [-0.39, 0.29) is 26.5 Å². The van der Waals surface area contributed by atoms with Gasteiger partial charge in [-0.05, 0) is 48.4 Å². The van der Waals surface area contributed by atoms with Crippen LogP contribution in [0.15, 0.2) is 84.9 Å². The van der Waals surface area contributed by atoms with Gasteiger partial charge in [0.2, 0.25) is 0 Å². The molecule has 0 atom stereocenters. The first-order valence-electron chi connectivity index (χ1n) is 11.8. The third kappa shape index (κ3) is 3.90. The van der Waals surface area contributed by atoms with E-state index >= 15 is 0 Å². The molecule has 4 nitrogen and oxygen atoms in total. The van der Waals surface area contributed by atoms with Crippen LogP contribution in [0.5, 0.6) is 0 Å². The predicted molar refractivity (Wildman–Crippen MR) is 142 cm³/mol. The summed E-state index contributed by atoms with van der Waals surface area (Å²) in [4.78, 5) is 10.2. The summed E-state index contributed by atoms with van der Waals surface area (Å²) >= 11 is 0. The van der Waals surface area contributed by atoms with E-state index in [0.717, 1.165) is 56.0 Å². The fourth-order valence-electron chi connectivity index (χ4n) is 4.84. The fourth-order valence-corrected chi connectivity index (χ4v) is 4.84. The summed E-state index contributed by atoms with van der Waals surface area (Å²) in [5.41, 5.74) is 7.63. The number of aryl methyl sites for hydroxylation is 2. The fraction of sp³-hybridized carbons (Fsp3) is 0.161. The summed E-state index contributed by atoms with van der Waals surface area (Å²) in [6.07, 6.45) is 0. The number of benzene rings is 2. The van der Waals surface area contributed by atoms with E-state index in [9.17, 15) is 0 Å². The van der Waals surface area contributed by atoms with Gasteiger partial charge >= 0.3 is 21.1 Å². The van der Waals surface area contributed by atoms with Crippen molar-refractivity contribution in [1.82, 2.24) is 19.1 Å². The molecule has 0 aliphatic carbocycles. The Kier molecular flexibility index (Phi) is 6.18. The molecule has 0 spiro atoms. The zero-order chi connectivity index (χ0) is 24.2. The van der Waals surface area contributed by atoms with E-state index in [4.69, 9.17) is 9.97 Å². The molecule has 0 N–H and O–H groups in total. The second-order valence-corrected chi connectivity index (χ2v) is 9.54. The summed E-state index contributed by atoms with van der Waals surface area (Å²) < 4.78 is 4.31. The molecule has 0 amide bonds. The number of aromatic nitrogens is 4.